The van der Waals surface area contributed by atoms with Crippen LogP contribution in [0.2, 0.25) is 0 Å². The van der Waals surface area contributed by atoms with Crippen molar-refractivity contribution in [1.29, 1.82) is 0 Å². The van der Waals surface area contributed by atoms with Gasteiger partial charge >= 0.3 is 0 Å². The molecule has 0 aromatic heterocycles. The smallest absolute Gasteiger partial charge is 0.178 e. The van der Waals surface area contributed by atoms with E-state index in [4.69, 9.17) is 9.47 Å². The van der Waals surface area contributed by atoms with Gasteiger partial charge in [0.15, 0.2) is 11.9 Å². The molecule has 2 heterocycles. The molecule has 0 saturated carbocycles. The van der Waals surface area contributed by atoms with Crippen molar-refractivity contribution in [2.24, 2.45) is 5.92 Å². The van der Waals surface area contributed by atoms with Crippen molar-refractivity contribution in [3.63, 3.8) is 0 Å². The fourth-order valence-electron chi connectivity index (χ4n) is 3.19. The van der Waals surface area contributed by atoms with Crippen LogP contribution in [0.1, 0.15) is 32.3 Å². The largest absolute Gasteiger partial charge is 0.482 e. The molecular formula is C16H19BrO3. The van der Waals surface area contributed by atoms with Crippen LogP contribution in [0.4, 0.5) is 0 Å². The predicted molar refractivity (Wildman–Crippen MR) is 80.0 cm³/mol. The van der Waals surface area contributed by atoms with Crippen LogP contribution in [-0.4, -0.2) is 24.1 Å². The fourth-order valence-corrected chi connectivity index (χ4v) is 3.60. The maximum absolute atomic E-state index is 12.4. The molecule has 3 nitrogen and oxygen atoms in total. The molecule has 0 amide bonds. The molecule has 108 valence electrons. The van der Waals surface area contributed by atoms with Crippen LogP contribution in [-0.2, 0) is 16.0 Å². The van der Waals surface area contributed by atoms with Gasteiger partial charge in [0.05, 0.1) is 5.60 Å². The third kappa shape index (κ3) is 2.77. The summed E-state index contributed by atoms with van der Waals surface area (Å²) in [5.74, 6) is 1.29. The van der Waals surface area contributed by atoms with Crippen LogP contribution in [0.5, 0.6) is 5.75 Å². The van der Waals surface area contributed by atoms with Crippen LogP contribution in [0.25, 0.3) is 0 Å². The van der Waals surface area contributed by atoms with Crippen LogP contribution < -0.4 is 4.74 Å². The SMILES string of the molecule is CC1(C)CC(C2Oc3ccc(Br)cc3CC2=O)CCO1. The van der Waals surface area contributed by atoms with E-state index in [0.29, 0.717) is 13.0 Å². The van der Waals surface area contributed by atoms with Gasteiger partial charge in [0, 0.05) is 29.0 Å². The van der Waals surface area contributed by atoms with Crippen molar-refractivity contribution in [2.45, 2.75) is 44.8 Å². The van der Waals surface area contributed by atoms with Crippen molar-refractivity contribution >= 4 is 21.7 Å². The Morgan fingerprint density at radius 2 is 2.15 bits per heavy atom. The van der Waals surface area contributed by atoms with Gasteiger partial charge in [0.25, 0.3) is 0 Å². The van der Waals surface area contributed by atoms with E-state index in [1.54, 1.807) is 0 Å². The van der Waals surface area contributed by atoms with Crippen LogP contribution in [0, 0.1) is 5.92 Å². The molecule has 1 saturated heterocycles. The standard InChI is InChI=1S/C16H19BrO3/c1-16(2)9-10(5-6-19-16)15-13(18)8-11-7-12(17)3-4-14(11)20-15/h3-4,7,10,15H,5-6,8-9H2,1-2H3. The van der Waals surface area contributed by atoms with E-state index >= 15 is 0 Å². The second-order valence-electron chi connectivity index (χ2n) is 6.29. The van der Waals surface area contributed by atoms with Gasteiger partial charge in [0.2, 0.25) is 0 Å². The molecule has 0 radical (unpaired) electrons. The molecule has 1 aromatic rings. The van der Waals surface area contributed by atoms with E-state index in [9.17, 15) is 4.79 Å². The Morgan fingerprint density at radius 3 is 2.90 bits per heavy atom. The molecule has 3 rings (SSSR count). The van der Waals surface area contributed by atoms with Gasteiger partial charge in [-0.05, 0) is 44.9 Å². The van der Waals surface area contributed by atoms with Gasteiger partial charge in [-0.25, -0.2) is 0 Å². The maximum atomic E-state index is 12.4. The van der Waals surface area contributed by atoms with E-state index in [1.165, 1.54) is 0 Å². The highest BCUT2D eigenvalue weighted by molar-refractivity contribution is 9.10. The quantitative estimate of drug-likeness (QED) is 0.785. The van der Waals surface area contributed by atoms with E-state index < -0.39 is 0 Å². The van der Waals surface area contributed by atoms with Gasteiger partial charge < -0.3 is 9.47 Å². The Labute approximate surface area is 127 Å². The summed E-state index contributed by atoms with van der Waals surface area (Å²) in [6.07, 6.45) is 1.92. The molecule has 0 N–H and O–H groups in total. The highest BCUT2D eigenvalue weighted by Crippen LogP contribution is 2.37. The molecule has 20 heavy (non-hydrogen) atoms. The number of Topliss-reactive ketones (excluding diaryl/α,β-unsaturated/α-hetero) is 1. The van der Waals surface area contributed by atoms with E-state index in [1.807, 2.05) is 18.2 Å². The number of hydrogen-bond donors (Lipinski definition) is 0. The van der Waals surface area contributed by atoms with Crippen LogP contribution >= 0.6 is 15.9 Å². The molecule has 2 unspecified atom stereocenters. The minimum atomic E-state index is -0.313. The number of benzene rings is 1. The molecule has 2 aliphatic heterocycles. The van der Waals surface area contributed by atoms with Gasteiger partial charge in [0.1, 0.15) is 5.75 Å². The highest BCUT2D eigenvalue weighted by atomic mass is 79.9. The topological polar surface area (TPSA) is 35.5 Å². The lowest BCUT2D eigenvalue weighted by atomic mass is 9.81. The highest BCUT2D eigenvalue weighted by Gasteiger charge is 2.40. The summed E-state index contributed by atoms with van der Waals surface area (Å²) in [7, 11) is 0. The first-order chi connectivity index (χ1) is 9.44. The third-order valence-corrected chi connectivity index (χ3v) is 4.62. The molecular weight excluding hydrogens is 320 g/mol. The second kappa shape index (κ2) is 5.15. The first-order valence-corrected chi connectivity index (χ1v) is 7.86. The first kappa shape index (κ1) is 14.1. The normalized spacial score (nSPS) is 28.6. The monoisotopic (exact) mass is 338 g/mol. The first-order valence-electron chi connectivity index (χ1n) is 7.06. The van der Waals surface area contributed by atoms with Crippen molar-refractivity contribution in [1.82, 2.24) is 0 Å². The Bertz CT molecular complexity index is 539. The summed E-state index contributed by atoms with van der Waals surface area (Å²) in [6, 6.07) is 5.88. The zero-order valence-corrected chi connectivity index (χ0v) is 13.4. The molecule has 2 aliphatic rings. The second-order valence-corrected chi connectivity index (χ2v) is 7.21. The van der Waals surface area contributed by atoms with E-state index in [2.05, 4.69) is 29.8 Å². The van der Waals surface area contributed by atoms with Gasteiger partial charge in [-0.3, -0.25) is 4.79 Å². The lowest BCUT2D eigenvalue weighted by Crippen LogP contribution is -2.46. The molecule has 2 atom stereocenters. The molecule has 0 aliphatic carbocycles. The number of rotatable bonds is 1. The zero-order valence-electron chi connectivity index (χ0n) is 11.8. The number of ketones is 1. The minimum absolute atomic E-state index is 0.160. The number of fused-ring (bicyclic) bond motifs is 1. The van der Waals surface area contributed by atoms with Gasteiger partial charge in [-0.1, -0.05) is 15.9 Å². The molecule has 0 bridgehead atoms. The third-order valence-electron chi connectivity index (χ3n) is 4.12. The maximum Gasteiger partial charge on any atom is 0.178 e. The minimum Gasteiger partial charge on any atom is -0.482 e. The van der Waals surface area contributed by atoms with Crippen LogP contribution in [0.15, 0.2) is 22.7 Å². The van der Waals surface area contributed by atoms with Crippen molar-refractivity contribution in [2.75, 3.05) is 6.61 Å². The number of ether oxygens (including phenoxy) is 2. The molecule has 0 spiro atoms. The van der Waals surface area contributed by atoms with Gasteiger partial charge in [-0.15, -0.1) is 0 Å². The Kier molecular flexibility index (Phi) is 3.63. The molecule has 1 aromatic carbocycles. The summed E-state index contributed by atoms with van der Waals surface area (Å²) in [4.78, 5) is 12.4. The van der Waals surface area contributed by atoms with Crippen molar-refractivity contribution in [3.8, 4) is 5.75 Å². The van der Waals surface area contributed by atoms with Crippen molar-refractivity contribution < 1.29 is 14.3 Å². The van der Waals surface area contributed by atoms with Crippen molar-refractivity contribution in [3.05, 3.63) is 28.2 Å². The van der Waals surface area contributed by atoms with Crippen LogP contribution in [0.3, 0.4) is 0 Å². The average molecular weight is 339 g/mol. The zero-order chi connectivity index (χ0) is 14.3. The Balaban J connectivity index is 1.82. The number of hydrogen-bond acceptors (Lipinski definition) is 3. The Hall–Kier alpha value is -0.870. The summed E-state index contributed by atoms with van der Waals surface area (Å²) in [5, 5.41) is 0. The lowest BCUT2D eigenvalue weighted by molar-refractivity contribution is -0.136. The summed E-state index contributed by atoms with van der Waals surface area (Å²) < 4.78 is 12.7. The molecule has 1 fully saturated rings. The summed E-state index contributed by atoms with van der Waals surface area (Å²) >= 11 is 3.43. The Morgan fingerprint density at radius 1 is 1.35 bits per heavy atom. The fraction of sp³-hybridized carbons (Fsp3) is 0.562. The molecule has 4 heteroatoms. The van der Waals surface area contributed by atoms with E-state index in [-0.39, 0.29) is 23.4 Å². The summed E-state index contributed by atoms with van der Waals surface area (Å²) in [5.41, 5.74) is 0.818. The number of halogens is 1. The average Bonchev–Trinajstić information content (AvgIpc) is 2.36. The van der Waals surface area contributed by atoms with Gasteiger partial charge in [-0.2, -0.15) is 0 Å². The number of carbonyl (C=O) groups excluding carboxylic acids is 1. The lowest BCUT2D eigenvalue weighted by Gasteiger charge is -2.39. The summed E-state index contributed by atoms with van der Waals surface area (Å²) in [6.45, 7) is 4.87. The number of carbonyl (C=O) groups is 1. The van der Waals surface area contributed by atoms with E-state index in [0.717, 1.165) is 28.6 Å². The predicted octanol–water partition coefficient (Wildman–Crippen LogP) is 3.53.